The standard InChI is InChI=1S/C14H25N3O2/c1-6-8-11(7-2)17-13(18)10(5)16-14(19)12(15)9(3)4/h7-10,12H,2,6,15H2,1,3-5H3,(H,16,19)(H,17,18)/b11-8+/t10-,12-/m0/s1. The third-order valence-electron chi connectivity index (χ3n) is 2.68. The van der Waals surface area contributed by atoms with E-state index in [2.05, 4.69) is 17.2 Å². The van der Waals surface area contributed by atoms with Crippen LogP contribution in [0.25, 0.3) is 0 Å². The second kappa shape index (κ2) is 8.48. The lowest BCUT2D eigenvalue weighted by Crippen LogP contribution is -2.51. The van der Waals surface area contributed by atoms with Crippen LogP contribution >= 0.6 is 0 Å². The van der Waals surface area contributed by atoms with Crippen LogP contribution < -0.4 is 16.4 Å². The van der Waals surface area contributed by atoms with Crippen LogP contribution in [0.3, 0.4) is 0 Å². The van der Waals surface area contributed by atoms with Gasteiger partial charge in [-0.15, -0.1) is 0 Å². The summed E-state index contributed by atoms with van der Waals surface area (Å²) in [6.45, 7) is 10.9. The number of rotatable bonds is 7. The van der Waals surface area contributed by atoms with Crippen LogP contribution in [0.1, 0.15) is 34.1 Å². The zero-order valence-electron chi connectivity index (χ0n) is 12.2. The van der Waals surface area contributed by atoms with Crippen molar-refractivity contribution in [3.05, 3.63) is 24.4 Å². The molecule has 5 heteroatoms. The molecule has 0 aliphatic rings. The summed E-state index contributed by atoms with van der Waals surface area (Å²) in [5.74, 6) is -0.583. The van der Waals surface area contributed by atoms with Crippen molar-refractivity contribution in [2.24, 2.45) is 11.7 Å². The molecule has 0 rings (SSSR count). The van der Waals surface area contributed by atoms with Crippen LogP contribution in [0.15, 0.2) is 24.4 Å². The summed E-state index contributed by atoms with van der Waals surface area (Å²) >= 11 is 0. The highest BCUT2D eigenvalue weighted by Crippen LogP contribution is 1.99. The van der Waals surface area contributed by atoms with Gasteiger partial charge in [-0.3, -0.25) is 9.59 Å². The van der Waals surface area contributed by atoms with Crippen molar-refractivity contribution in [2.45, 2.75) is 46.2 Å². The van der Waals surface area contributed by atoms with Crippen LogP contribution in [-0.2, 0) is 9.59 Å². The highest BCUT2D eigenvalue weighted by Gasteiger charge is 2.22. The molecule has 0 saturated heterocycles. The summed E-state index contributed by atoms with van der Waals surface area (Å²) in [6.07, 6.45) is 4.20. The Balaban J connectivity index is 4.46. The average Bonchev–Trinajstić information content (AvgIpc) is 2.36. The molecule has 0 aliphatic carbocycles. The zero-order chi connectivity index (χ0) is 15.0. The Labute approximate surface area is 115 Å². The molecule has 2 amide bonds. The minimum atomic E-state index is -0.641. The first-order valence-corrected chi connectivity index (χ1v) is 6.52. The molecule has 0 saturated carbocycles. The van der Waals surface area contributed by atoms with Crippen molar-refractivity contribution in [3.63, 3.8) is 0 Å². The van der Waals surface area contributed by atoms with Gasteiger partial charge in [0.25, 0.3) is 0 Å². The summed E-state index contributed by atoms with van der Waals surface area (Å²) < 4.78 is 0. The molecule has 0 heterocycles. The van der Waals surface area contributed by atoms with E-state index in [-0.39, 0.29) is 17.7 Å². The summed E-state index contributed by atoms with van der Waals surface area (Å²) in [4.78, 5) is 23.6. The van der Waals surface area contributed by atoms with Gasteiger partial charge in [0.2, 0.25) is 11.8 Å². The number of carbonyl (C=O) groups excluding carboxylic acids is 2. The van der Waals surface area contributed by atoms with E-state index in [1.807, 2.05) is 26.8 Å². The number of allylic oxidation sites excluding steroid dienone is 2. The Morgan fingerprint density at radius 2 is 1.84 bits per heavy atom. The van der Waals surface area contributed by atoms with Crippen LogP contribution in [0.5, 0.6) is 0 Å². The van der Waals surface area contributed by atoms with Crippen molar-refractivity contribution in [1.29, 1.82) is 0 Å². The topological polar surface area (TPSA) is 84.2 Å². The second-order valence-electron chi connectivity index (χ2n) is 4.76. The normalized spacial score (nSPS) is 14.7. The maximum absolute atomic E-state index is 11.9. The van der Waals surface area contributed by atoms with Crippen molar-refractivity contribution in [1.82, 2.24) is 10.6 Å². The van der Waals surface area contributed by atoms with Crippen molar-refractivity contribution in [3.8, 4) is 0 Å². The lowest BCUT2D eigenvalue weighted by atomic mass is 10.0. The van der Waals surface area contributed by atoms with Gasteiger partial charge >= 0.3 is 0 Å². The Kier molecular flexibility index (Phi) is 7.75. The van der Waals surface area contributed by atoms with Crippen LogP contribution in [-0.4, -0.2) is 23.9 Å². The third kappa shape index (κ3) is 6.20. The largest absolute Gasteiger partial charge is 0.343 e. The van der Waals surface area contributed by atoms with E-state index in [4.69, 9.17) is 5.73 Å². The van der Waals surface area contributed by atoms with E-state index < -0.39 is 12.1 Å². The van der Waals surface area contributed by atoms with E-state index >= 15 is 0 Å². The van der Waals surface area contributed by atoms with E-state index in [9.17, 15) is 9.59 Å². The fraction of sp³-hybridized carbons (Fsp3) is 0.571. The van der Waals surface area contributed by atoms with E-state index in [0.29, 0.717) is 5.70 Å². The summed E-state index contributed by atoms with van der Waals surface area (Å²) in [7, 11) is 0. The minimum absolute atomic E-state index is 0.0268. The highest BCUT2D eigenvalue weighted by atomic mass is 16.2. The van der Waals surface area contributed by atoms with E-state index in [1.54, 1.807) is 13.0 Å². The molecule has 0 fully saturated rings. The molecule has 108 valence electrons. The molecule has 4 N–H and O–H groups in total. The monoisotopic (exact) mass is 267 g/mol. The predicted molar refractivity (Wildman–Crippen MR) is 77.1 cm³/mol. The first-order valence-electron chi connectivity index (χ1n) is 6.52. The molecule has 0 spiro atoms. The van der Waals surface area contributed by atoms with Gasteiger partial charge in [0, 0.05) is 5.70 Å². The third-order valence-corrected chi connectivity index (χ3v) is 2.68. The van der Waals surface area contributed by atoms with Gasteiger partial charge in [-0.1, -0.05) is 33.4 Å². The van der Waals surface area contributed by atoms with E-state index in [0.717, 1.165) is 6.42 Å². The maximum Gasteiger partial charge on any atom is 0.246 e. The van der Waals surface area contributed by atoms with Gasteiger partial charge in [0.1, 0.15) is 6.04 Å². The maximum atomic E-state index is 11.9. The Morgan fingerprint density at radius 3 is 2.26 bits per heavy atom. The Hall–Kier alpha value is -1.62. The fourth-order valence-electron chi connectivity index (χ4n) is 1.33. The van der Waals surface area contributed by atoms with Gasteiger partial charge in [-0.05, 0) is 25.3 Å². The first kappa shape index (κ1) is 17.4. The van der Waals surface area contributed by atoms with E-state index in [1.165, 1.54) is 0 Å². The van der Waals surface area contributed by atoms with Gasteiger partial charge in [0.05, 0.1) is 6.04 Å². The number of nitrogens with one attached hydrogen (secondary N) is 2. The first-order chi connectivity index (χ1) is 8.83. The predicted octanol–water partition coefficient (Wildman–Crippen LogP) is 1.07. The van der Waals surface area contributed by atoms with Gasteiger partial charge in [-0.25, -0.2) is 0 Å². The van der Waals surface area contributed by atoms with Crippen LogP contribution in [0.2, 0.25) is 0 Å². The molecule has 0 aromatic carbocycles. The lowest BCUT2D eigenvalue weighted by Gasteiger charge is -2.19. The van der Waals surface area contributed by atoms with Crippen LogP contribution in [0, 0.1) is 5.92 Å². The molecule has 0 aromatic rings. The van der Waals surface area contributed by atoms with Crippen molar-refractivity contribution >= 4 is 11.8 Å². The number of hydrogen-bond donors (Lipinski definition) is 3. The highest BCUT2D eigenvalue weighted by molar-refractivity contribution is 5.90. The smallest absolute Gasteiger partial charge is 0.246 e. The number of nitrogens with two attached hydrogens (primary N) is 1. The molecule has 0 aromatic heterocycles. The van der Waals surface area contributed by atoms with Crippen molar-refractivity contribution in [2.75, 3.05) is 0 Å². The van der Waals surface area contributed by atoms with Crippen LogP contribution in [0.4, 0.5) is 0 Å². The zero-order valence-corrected chi connectivity index (χ0v) is 12.2. The minimum Gasteiger partial charge on any atom is -0.343 e. The molecule has 0 unspecified atom stereocenters. The Morgan fingerprint density at radius 1 is 1.26 bits per heavy atom. The fourth-order valence-corrected chi connectivity index (χ4v) is 1.33. The molecule has 2 atom stereocenters. The average molecular weight is 267 g/mol. The Bertz CT molecular complexity index is 362. The quantitative estimate of drug-likeness (QED) is 0.603. The number of carbonyl (C=O) groups is 2. The molecule has 0 bridgehead atoms. The van der Waals surface area contributed by atoms with Crippen molar-refractivity contribution < 1.29 is 9.59 Å². The second-order valence-corrected chi connectivity index (χ2v) is 4.76. The number of amides is 2. The molecule has 0 aliphatic heterocycles. The lowest BCUT2D eigenvalue weighted by molar-refractivity contribution is -0.129. The van der Waals surface area contributed by atoms with Gasteiger partial charge < -0.3 is 16.4 Å². The summed E-state index contributed by atoms with van der Waals surface area (Å²) in [6, 6.07) is -1.25. The summed E-state index contributed by atoms with van der Waals surface area (Å²) in [5, 5.41) is 5.28. The number of hydrogen-bond acceptors (Lipinski definition) is 3. The molecule has 5 nitrogen and oxygen atoms in total. The van der Waals surface area contributed by atoms with Gasteiger partial charge in [0.15, 0.2) is 0 Å². The molecular weight excluding hydrogens is 242 g/mol. The SMILES string of the molecule is C=C/C(=C\CC)NC(=O)[C@H](C)NC(=O)[C@@H](N)C(C)C. The molecule has 19 heavy (non-hydrogen) atoms. The van der Waals surface area contributed by atoms with Gasteiger partial charge in [-0.2, -0.15) is 0 Å². The summed E-state index contributed by atoms with van der Waals surface area (Å²) in [5.41, 5.74) is 6.35. The molecular formula is C14H25N3O2. The molecule has 0 radical (unpaired) electrons.